The minimum Gasteiger partial charge on any atom is -0.335 e. The van der Waals surface area contributed by atoms with E-state index in [1.165, 1.54) is 12.8 Å². The molecule has 1 N–H and O–H groups in total. The van der Waals surface area contributed by atoms with E-state index in [-0.39, 0.29) is 6.03 Å². The molecule has 4 aliphatic rings. The number of nitrogens with zero attached hydrogens (tertiary/aromatic N) is 1. The maximum absolute atomic E-state index is 12.1. The first-order valence-corrected chi connectivity index (χ1v) is 8.29. The lowest BCUT2D eigenvalue weighted by Gasteiger charge is -2.62. The molecule has 0 aromatic carbocycles. The minimum absolute atomic E-state index is 0.163. The zero-order valence-electron chi connectivity index (χ0n) is 11.6. The van der Waals surface area contributed by atoms with Gasteiger partial charge in [0.25, 0.3) is 0 Å². The first-order valence-electron chi connectivity index (χ1n) is 7.13. The van der Waals surface area contributed by atoms with Gasteiger partial charge in [0.2, 0.25) is 0 Å². The van der Waals surface area contributed by atoms with E-state index in [1.807, 2.05) is 16.7 Å². The fraction of sp³-hybridized carbons (Fsp3) is 0.929. The molecule has 0 spiro atoms. The molecule has 0 radical (unpaired) electrons. The molecule has 3 saturated carbocycles. The first-order chi connectivity index (χ1) is 8.50. The van der Waals surface area contributed by atoms with Crippen molar-refractivity contribution in [2.75, 3.05) is 18.2 Å². The fourth-order valence-electron chi connectivity index (χ4n) is 4.16. The largest absolute Gasteiger partial charge is 0.335 e. The van der Waals surface area contributed by atoms with Crippen LogP contribution in [0, 0.1) is 23.2 Å². The number of amides is 2. The molecule has 1 saturated heterocycles. The number of urea groups is 1. The predicted octanol–water partition coefficient (Wildman–Crippen LogP) is 2.77. The van der Waals surface area contributed by atoms with Crippen molar-refractivity contribution < 1.29 is 4.79 Å². The van der Waals surface area contributed by atoms with Crippen LogP contribution in [-0.2, 0) is 0 Å². The van der Waals surface area contributed by atoms with E-state index >= 15 is 0 Å². The molecule has 102 valence electrons. The summed E-state index contributed by atoms with van der Waals surface area (Å²) >= 11 is 1.85. The van der Waals surface area contributed by atoms with Gasteiger partial charge < -0.3 is 10.2 Å². The number of thioether (sulfide) groups is 1. The van der Waals surface area contributed by atoms with E-state index in [0.717, 1.165) is 30.0 Å². The van der Waals surface area contributed by atoms with Gasteiger partial charge in [-0.05, 0) is 36.0 Å². The molecule has 1 aliphatic heterocycles. The van der Waals surface area contributed by atoms with Crippen molar-refractivity contribution in [1.82, 2.24) is 10.2 Å². The van der Waals surface area contributed by atoms with E-state index in [1.54, 1.807) is 0 Å². The Morgan fingerprint density at radius 3 is 2.72 bits per heavy atom. The summed E-state index contributed by atoms with van der Waals surface area (Å²) in [5.74, 6) is 4.20. The summed E-state index contributed by atoms with van der Waals surface area (Å²) in [7, 11) is 0. The molecule has 1 heterocycles. The van der Waals surface area contributed by atoms with Crippen LogP contribution in [-0.4, -0.2) is 35.1 Å². The van der Waals surface area contributed by atoms with Gasteiger partial charge in [-0.3, -0.25) is 0 Å². The number of carbonyl (C=O) groups is 1. The third-order valence-corrected chi connectivity index (χ3v) is 6.67. The number of fused-ring (bicyclic) bond motifs is 2. The molecule has 18 heavy (non-hydrogen) atoms. The van der Waals surface area contributed by atoms with Crippen molar-refractivity contribution >= 4 is 17.8 Å². The van der Waals surface area contributed by atoms with Crippen molar-refractivity contribution in [2.24, 2.45) is 23.2 Å². The topological polar surface area (TPSA) is 32.3 Å². The molecular weight excluding hydrogens is 244 g/mol. The average Bonchev–Trinajstić information content (AvgIpc) is 2.84. The molecule has 4 rings (SSSR count). The normalized spacial score (nSPS) is 41.4. The Morgan fingerprint density at radius 1 is 1.39 bits per heavy atom. The van der Waals surface area contributed by atoms with Crippen LogP contribution < -0.4 is 5.32 Å². The van der Waals surface area contributed by atoms with Gasteiger partial charge in [0.05, 0.1) is 5.88 Å². The molecule has 4 fully saturated rings. The van der Waals surface area contributed by atoms with Crippen LogP contribution >= 0.6 is 11.8 Å². The van der Waals surface area contributed by atoms with Gasteiger partial charge in [0.1, 0.15) is 0 Å². The Hall–Kier alpha value is -0.380. The van der Waals surface area contributed by atoms with Crippen molar-refractivity contribution in [3.8, 4) is 0 Å². The summed E-state index contributed by atoms with van der Waals surface area (Å²) in [6.45, 7) is 8.04. The SMILES string of the molecule is C[C@@H]1[C@@H](NC(=O)N2CCSC2)C[C@H]2C[C@@H]1C2(C)C. The lowest BCUT2D eigenvalue weighted by molar-refractivity contribution is -0.113. The Morgan fingerprint density at radius 2 is 2.17 bits per heavy atom. The van der Waals surface area contributed by atoms with Gasteiger partial charge in [0.15, 0.2) is 0 Å². The van der Waals surface area contributed by atoms with Gasteiger partial charge in [-0.25, -0.2) is 4.79 Å². The average molecular weight is 268 g/mol. The highest BCUT2D eigenvalue weighted by Gasteiger charge is 2.56. The van der Waals surface area contributed by atoms with E-state index in [0.29, 0.717) is 17.4 Å². The molecule has 4 atom stereocenters. The van der Waals surface area contributed by atoms with Crippen molar-refractivity contribution in [3.63, 3.8) is 0 Å². The first kappa shape index (κ1) is 12.6. The molecule has 0 unspecified atom stereocenters. The zero-order valence-corrected chi connectivity index (χ0v) is 12.4. The van der Waals surface area contributed by atoms with Crippen LogP contribution in [0.4, 0.5) is 4.79 Å². The van der Waals surface area contributed by atoms with Crippen LogP contribution in [0.2, 0.25) is 0 Å². The van der Waals surface area contributed by atoms with Gasteiger partial charge in [-0.2, -0.15) is 0 Å². The molecule has 3 aliphatic carbocycles. The van der Waals surface area contributed by atoms with Crippen LogP contribution in [0.15, 0.2) is 0 Å². The molecule has 4 heteroatoms. The number of nitrogens with one attached hydrogen (secondary N) is 1. The van der Waals surface area contributed by atoms with E-state index in [2.05, 4.69) is 26.1 Å². The highest BCUT2D eigenvalue weighted by atomic mass is 32.2. The third-order valence-electron chi connectivity index (χ3n) is 5.70. The number of rotatable bonds is 1. The molecule has 3 nitrogen and oxygen atoms in total. The lowest BCUT2D eigenvalue weighted by atomic mass is 9.45. The summed E-state index contributed by atoms with van der Waals surface area (Å²) in [5, 5.41) is 3.28. The smallest absolute Gasteiger partial charge is 0.318 e. The van der Waals surface area contributed by atoms with Crippen molar-refractivity contribution in [1.29, 1.82) is 0 Å². The predicted molar refractivity (Wildman–Crippen MR) is 75.5 cm³/mol. The summed E-state index contributed by atoms with van der Waals surface area (Å²) < 4.78 is 0. The third kappa shape index (κ3) is 1.84. The summed E-state index contributed by atoms with van der Waals surface area (Å²) in [6, 6.07) is 0.566. The Labute approximate surface area is 114 Å². The summed E-state index contributed by atoms with van der Waals surface area (Å²) in [6.07, 6.45) is 2.55. The number of carbonyl (C=O) groups excluding carboxylic acids is 1. The monoisotopic (exact) mass is 268 g/mol. The van der Waals surface area contributed by atoms with Crippen LogP contribution in [0.5, 0.6) is 0 Å². The standard InChI is InChI=1S/C14H24N2OS/c1-9-11-6-10(14(11,2)3)7-12(9)15-13(17)16-4-5-18-8-16/h9-12H,4-8H2,1-3H3,(H,15,17)/t9-,10+,11-,12-/m0/s1. The Bertz CT molecular complexity index is 352. The molecule has 0 aromatic heterocycles. The second-order valence-electron chi connectivity index (χ2n) is 6.81. The summed E-state index contributed by atoms with van der Waals surface area (Å²) in [5.41, 5.74) is 0.504. The molecule has 0 aromatic rings. The van der Waals surface area contributed by atoms with Gasteiger partial charge in [-0.15, -0.1) is 11.8 Å². The Kier molecular flexibility index (Phi) is 3.04. The van der Waals surface area contributed by atoms with Gasteiger partial charge >= 0.3 is 6.03 Å². The Balaban J connectivity index is 1.60. The van der Waals surface area contributed by atoms with E-state index < -0.39 is 0 Å². The van der Waals surface area contributed by atoms with E-state index in [4.69, 9.17) is 0 Å². The van der Waals surface area contributed by atoms with Gasteiger partial charge in [-0.1, -0.05) is 20.8 Å². The van der Waals surface area contributed by atoms with Crippen LogP contribution in [0.3, 0.4) is 0 Å². The maximum Gasteiger partial charge on any atom is 0.318 e. The molecule has 2 amide bonds. The second-order valence-corrected chi connectivity index (χ2v) is 7.89. The van der Waals surface area contributed by atoms with Crippen LogP contribution in [0.1, 0.15) is 33.6 Å². The quantitative estimate of drug-likeness (QED) is 0.793. The summed E-state index contributed by atoms with van der Waals surface area (Å²) in [4.78, 5) is 14.1. The molecule has 2 bridgehead atoms. The second kappa shape index (κ2) is 4.32. The maximum atomic E-state index is 12.1. The minimum atomic E-state index is 0.163. The highest BCUT2D eigenvalue weighted by Crippen LogP contribution is 2.61. The number of hydrogen-bond acceptors (Lipinski definition) is 2. The van der Waals surface area contributed by atoms with Gasteiger partial charge in [0, 0.05) is 18.3 Å². The fourth-order valence-corrected chi connectivity index (χ4v) is 5.11. The lowest BCUT2D eigenvalue weighted by Crippen LogP contribution is -2.61. The van der Waals surface area contributed by atoms with E-state index in [9.17, 15) is 4.79 Å². The van der Waals surface area contributed by atoms with Crippen LogP contribution in [0.25, 0.3) is 0 Å². The van der Waals surface area contributed by atoms with Crippen molar-refractivity contribution in [2.45, 2.75) is 39.7 Å². The number of hydrogen-bond donors (Lipinski definition) is 1. The molecular formula is C14H24N2OS. The van der Waals surface area contributed by atoms with Crippen molar-refractivity contribution in [3.05, 3.63) is 0 Å². The highest BCUT2D eigenvalue weighted by molar-refractivity contribution is 7.99. The zero-order chi connectivity index (χ0) is 12.9.